The summed E-state index contributed by atoms with van der Waals surface area (Å²) in [6, 6.07) is 5.03. The van der Waals surface area contributed by atoms with Crippen LogP contribution in [0.25, 0.3) is 16.8 Å². The van der Waals surface area contributed by atoms with Crippen molar-refractivity contribution in [1.29, 1.82) is 5.26 Å². The molecule has 0 saturated carbocycles. The molecule has 0 bridgehead atoms. The van der Waals surface area contributed by atoms with Gasteiger partial charge in [0.15, 0.2) is 0 Å². The van der Waals surface area contributed by atoms with Crippen LogP contribution in [-0.2, 0) is 4.74 Å². The van der Waals surface area contributed by atoms with Gasteiger partial charge in [0.05, 0.1) is 48.6 Å². The predicted molar refractivity (Wildman–Crippen MR) is 139 cm³/mol. The summed E-state index contributed by atoms with van der Waals surface area (Å²) in [6.07, 6.45) is 6.86. The number of aryl methyl sites for hydroxylation is 2. The number of fused-ring (bicyclic) bond motifs is 1. The average molecular weight is 514 g/mol. The molecule has 11 heteroatoms. The fourth-order valence-corrected chi connectivity index (χ4v) is 5.46. The Morgan fingerprint density at radius 2 is 1.92 bits per heavy atom. The Kier molecular flexibility index (Phi) is 6.29. The molecule has 1 atom stereocenters. The van der Waals surface area contributed by atoms with Crippen LogP contribution in [-0.4, -0.2) is 71.8 Å². The SMILES string of the molecule is Cc1cnc(C)c([C@@H](C)Oc2cc(-c3nnn(C4CCN(C5COC5)CC4)c3C)cn3ncc(C#N)c23)n1. The predicted octanol–water partition coefficient (Wildman–Crippen LogP) is 3.36. The number of nitriles is 1. The summed E-state index contributed by atoms with van der Waals surface area (Å²) in [5.41, 5.74) is 6.04. The van der Waals surface area contributed by atoms with Gasteiger partial charge in [0.1, 0.15) is 40.4 Å². The van der Waals surface area contributed by atoms with Crippen molar-refractivity contribution >= 4 is 5.52 Å². The van der Waals surface area contributed by atoms with Crippen molar-refractivity contribution in [3.8, 4) is 23.1 Å². The molecule has 4 aromatic heterocycles. The van der Waals surface area contributed by atoms with E-state index in [0.717, 1.165) is 73.2 Å². The van der Waals surface area contributed by atoms with E-state index in [1.54, 1.807) is 16.9 Å². The van der Waals surface area contributed by atoms with Gasteiger partial charge in [-0.05, 0) is 46.6 Å². The molecule has 0 unspecified atom stereocenters. The van der Waals surface area contributed by atoms with E-state index in [4.69, 9.17) is 9.47 Å². The standard InChI is InChI=1S/C27H31N9O2/c1-16-11-29-17(2)25(31-16)19(4)38-24-9-20(13-35-27(24)21(10-28)12-30-35)26-18(3)36(33-32-26)22-5-7-34(8-6-22)23-14-37-15-23/h9,11-13,19,22-23H,5-8,14-15H2,1-4H3/t19-/m1/s1. The normalized spacial score (nSPS) is 17.9. The molecule has 6 rings (SSSR count). The van der Waals surface area contributed by atoms with Gasteiger partial charge in [0.25, 0.3) is 0 Å². The van der Waals surface area contributed by atoms with Crippen molar-refractivity contribution in [3.63, 3.8) is 0 Å². The van der Waals surface area contributed by atoms with Gasteiger partial charge < -0.3 is 9.47 Å². The molecule has 2 saturated heterocycles. The topological polar surface area (TPSA) is 119 Å². The Labute approximate surface area is 221 Å². The van der Waals surface area contributed by atoms with Gasteiger partial charge in [0.2, 0.25) is 0 Å². The van der Waals surface area contributed by atoms with Crippen molar-refractivity contribution in [2.24, 2.45) is 0 Å². The first-order valence-electron chi connectivity index (χ1n) is 13.0. The van der Waals surface area contributed by atoms with Gasteiger partial charge in [-0.3, -0.25) is 14.9 Å². The second-order valence-electron chi connectivity index (χ2n) is 10.2. The number of piperidine rings is 1. The van der Waals surface area contributed by atoms with Crippen LogP contribution in [0, 0.1) is 32.1 Å². The highest BCUT2D eigenvalue weighted by molar-refractivity contribution is 5.74. The third kappa shape index (κ3) is 4.29. The first-order chi connectivity index (χ1) is 18.4. The van der Waals surface area contributed by atoms with Crippen LogP contribution in [0.2, 0.25) is 0 Å². The maximum absolute atomic E-state index is 9.71. The number of aromatic nitrogens is 7. The average Bonchev–Trinajstić information content (AvgIpc) is 3.48. The lowest BCUT2D eigenvalue weighted by atomic mass is 10.0. The second-order valence-corrected chi connectivity index (χ2v) is 10.2. The minimum Gasteiger partial charge on any atom is -0.482 e. The largest absolute Gasteiger partial charge is 0.482 e. The Morgan fingerprint density at radius 3 is 2.63 bits per heavy atom. The molecule has 6 heterocycles. The van der Waals surface area contributed by atoms with Crippen LogP contribution >= 0.6 is 0 Å². The van der Waals surface area contributed by atoms with E-state index >= 15 is 0 Å². The van der Waals surface area contributed by atoms with Gasteiger partial charge >= 0.3 is 0 Å². The van der Waals surface area contributed by atoms with Crippen molar-refractivity contribution < 1.29 is 9.47 Å². The molecule has 0 spiro atoms. The second kappa shape index (κ2) is 9.78. The van der Waals surface area contributed by atoms with Gasteiger partial charge in [-0.1, -0.05) is 5.21 Å². The fourth-order valence-electron chi connectivity index (χ4n) is 5.46. The Hall–Kier alpha value is -3.88. The quantitative estimate of drug-likeness (QED) is 0.382. The molecule has 2 fully saturated rings. The highest BCUT2D eigenvalue weighted by Gasteiger charge is 2.31. The van der Waals surface area contributed by atoms with Crippen molar-refractivity contribution in [2.45, 2.75) is 58.7 Å². The van der Waals surface area contributed by atoms with Crippen molar-refractivity contribution in [3.05, 3.63) is 53.0 Å². The maximum atomic E-state index is 9.71. The summed E-state index contributed by atoms with van der Waals surface area (Å²) in [4.78, 5) is 11.6. The number of likely N-dealkylation sites (tertiary alicyclic amines) is 1. The zero-order valence-electron chi connectivity index (χ0n) is 22.1. The van der Waals surface area contributed by atoms with E-state index in [1.165, 1.54) is 0 Å². The Bertz CT molecular complexity index is 1520. The summed E-state index contributed by atoms with van der Waals surface area (Å²) in [6.45, 7) is 11.6. The van der Waals surface area contributed by atoms with E-state index in [0.29, 0.717) is 28.9 Å². The van der Waals surface area contributed by atoms with Gasteiger partial charge in [-0.15, -0.1) is 5.10 Å². The molecule has 0 N–H and O–H groups in total. The zero-order chi connectivity index (χ0) is 26.4. The van der Waals surface area contributed by atoms with Crippen LogP contribution < -0.4 is 4.74 Å². The number of rotatable bonds is 6. The first-order valence-corrected chi connectivity index (χ1v) is 13.0. The lowest BCUT2D eigenvalue weighted by Crippen LogP contribution is -2.52. The smallest absolute Gasteiger partial charge is 0.148 e. The van der Waals surface area contributed by atoms with Gasteiger partial charge in [-0.2, -0.15) is 10.4 Å². The molecule has 2 aliphatic heterocycles. The zero-order valence-corrected chi connectivity index (χ0v) is 22.1. The van der Waals surface area contributed by atoms with E-state index in [9.17, 15) is 5.26 Å². The molecule has 4 aromatic rings. The lowest BCUT2D eigenvalue weighted by molar-refractivity contribution is -0.0735. The molecule has 196 valence electrons. The van der Waals surface area contributed by atoms with Crippen LogP contribution in [0.5, 0.6) is 5.75 Å². The summed E-state index contributed by atoms with van der Waals surface area (Å²) in [7, 11) is 0. The van der Waals surface area contributed by atoms with E-state index in [-0.39, 0.29) is 6.10 Å². The fraction of sp³-hybridized carbons (Fsp3) is 0.481. The molecule has 0 aromatic carbocycles. The number of pyridine rings is 1. The number of nitrogens with zero attached hydrogens (tertiary/aromatic N) is 9. The molecule has 0 aliphatic carbocycles. The highest BCUT2D eigenvalue weighted by atomic mass is 16.5. The van der Waals surface area contributed by atoms with E-state index < -0.39 is 0 Å². The summed E-state index contributed by atoms with van der Waals surface area (Å²) < 4.78 is 15.6. The molecule has 11 nitrogen and oxygen atoms in total. The number of hydrogen-bond donors (Lipinski definition) is 0. The minimum atomic E-state index is -0.383. The molecule has 0 radical (unpaired) electrons. The number of hydrogen-bond acceptors (Lipinski definition) is 9. The van der Waals surface area contributed by atoms with Crippen LogP contribution in [0.15, 0.2) is 24.7 Å². The van der Waals surface area contributed by atoms with Gasteiger partial charge in [0, 0.05) is 31.0 Å². The van der Waals surface area contributed by atoms with Crippen molar-refractivity contribution in [1.82, 2.24) is 39.5 Å². The van der Waals surface area contributed by atoms with E-state index in [1.807, 2.05) is 33.0 Å². The Balaban J connectivity index is 1.32. The van der Waals surface area contributed by atoms with E-state index in [2.05, 4.69) is 48.0 Å². The third-order valence-electron chi connectivity index (χ3n) is 7.68. The van der Waals surface area contributed by atoms with Crippen LogP contribution in [0.3, 0.4) is 0 Å². The maximum Gasteiger partial charge on any atom is 0.148 e. The summed E-state index contributed by atoms with van der Waals surface area (Å²) in [5.74, 6) is 0.539. The monoisotopic (exact) mass is 513 g/mol. The number of ether oxygens (including phenoxy) is 2. The molecule has 0 amide bonds. The summed E-state index contributed by atoms with van der Waals surface area (Å²) >= 11 is 0. The third-order valence-corrected chi connectivity index (χ3v) is 7.68. The molecular weight excluding hydrogens is 482 g/mol. The highest BCUT2D eigenvalue weighted by Crippen LogP contribution is 2.35. The Morgan fingerprint density at radius 1 is 1.13 bits per heavy atom. The van der Waals surface area contributed by atoms with Crippen molar-refractivity contribution in [2.75, 3.05) is 26.3 Å². The first kappa shape index (κ1) is 24.5. The lowest BCUT2D eigenvalue weighted by Gasteiger charge is -2.41. The van der Waals surface area contributed by atoms with Gasteiger partial charge in [-0.25, -0.2) is 9.20 Å². The summed E-state index contributed by atoms with van der Waals surface area (Å²) in [5, 5.41) is 23.3. The molecular formula is C27H31N9O2. The molecule has 2 aliphatic rings. The molecule has 38 heavy (non-hydrogen) atoms. The minimum absolute atomic E-state index is 0.311. The van der Waals surface area contributed by atoms with Crippen LogP contribution in [0.4, 0.5) is 0 Å². The van der Waals surface area contributed by atoms with Crippen LogP contribution in [0.1, 0.15) is 60.3 Å².